The Kier molecular flexibility index (Phi) is 8.17. The van der Waals surface area contributed by atoms with Crippen LogP contribution in [-0.4, -0.2) is 32.3 Å². The summed E-state index contributed by atoms with van der Waals surface area (Å²) >= 11 is 0. The van der Waals surface area contributed by atoms with Crippen LogP contribution in [0.3, 0.4) is 0 Å². The van der Waals surface area contributed by atoms with E-state index in [0.29, 0.717) is 38.4 Å². The van der Waals surface area contributed by atoms with Crippen molar-refractivity contribution in [2.24, 2.45) is 5.73 Å². The number of primary amides is 1. The van der Waals surface area contributed by atoms with E-state index in [-0.39, 0.29) is 5.91 Å². The monoisotopic (exact) mass is 201 g/mol. The summed E-state index contributed by atoms with van der Waals surface area (Å²) in [5.74, 6) is -0.376. The second kappa shape index (κ2) is 8.72. The molecule has 0 aliphatic rings. The summed E-state index contributed by atoms with van der Waals surface area (Å²) < 4.78 is 10.3. The number of amides is 1. The van der Waals surface area contributed by atoms with Crippen molar-refractivity contribution in [1.29, 1.82) is 0 Å². The highest BCUT2D eigenvalue weighted by molar-refractivity contribution is 5.91. The Morgan fingerprint density at radius 1 is 1.29 bits per heavy atom. The number of nitrogens with two attached hydrogens (primary N) is 1. The van der Waals surface area contributed by atoms with Crippen LogP contribution < -0.4 is 5.73 Å². The van der Waals surface area contributed by atoms with Crippen molar-refractivity contribution < 1.29 is 14.3 Å². The van der Waals surface area contributed by atoms with Crippen LogP contribution in [0.4, 0.5) is 0 Å². The molecule has 0 radical (unpaired) electrons. The van der Waals surface area contributed by atoms with Gasteiger partial charge in [-0.05, 0) is 20.3 Å². The lowest BCUT2D eigenvalue weighted by molar-refractivity contribution is -0.114. The normalized spacial score (nSPS) is 11.7. The quantitative estimate of drug-likeness (QED) is 0.468. The number of carbonyl (C=O) groups excluding carboxylic acids is 1. The fraction of sp³-hybridized carbons (Fsp3) is 0.700. The van der Waals surface area contributed by atoms with Crippen LogP contribution in [0.15, 0.2) is 11.6 Å². The molecule has 0 spiro atoms. The van der Waals surface area contributed by atoms with Crippen molar-refractivity contribution in [3.05, 3.63) is 11.6 Å². The molecular weight excluding hydrogens is 182 g/mol. The van der Waals surface area contributed by atoms with Crippen LogP contribution in [0, 0.1) is 0 Å². The first-order valence-corrected chi connectivity index (χ1v) is 4.80. The fourth-order valence-corrected chi connectivity index (χ4v) is 0.824. The van der Waals surface area contributed by atoms with Gasteiger partial charge < -0.3 is 15.2 Å². The molecule has 0 aliphatic heterocycles. The third-order valence-corrected chi connectivity index (χ3v) is 1.68. The summed E-state index contributed by atoms with van der Waals surface area (Å²) in [5, 5.41) is 0. The van der Waals surface area contributed by atoms with Crippen molar-refractivity contribution in [3.8, 4) is 0 Å². The molecule has 82 valence electrons. The van der Waals surface area contributed by atoms with Crippen LogP contribution in [0.5, 0.6) is 0 Å². The molecule has 0 rings (SSSR count). The molecule has 14 heavy (non-hydrogen) atoms. The smallest absolute Gasteiger partial charge is 0.244 e. The zero-order valence-electron chi connectivity index (χ0n) is 8.91. The van der Waals surface area contributed by atoms with Crippen molar-refractivity contribution in [1.82, 2.24) is 0 Å². The van der Waals surface area contributed by atoms with E-state index < -0.39 is 0 Å². The second-order valence-corrected chi connectivity index (χ2v) is 2.85. The maximum atomic E-state index is 10.6. The van der Waals surface area contributed by atoms with E-state index in [9.17, 15) is 4.79 Å². The third-order valence-electron chi connectivity index (χ3n) is 1.68. The Hall–Kier alpha value is -0.870. The van der Waals surface area contributed by atoms with Gasteiger partial charge in [0, 0.05) is 12.2 Å². The summed E-state index contributed by atoms with van der Waals surface area (Å²) in [4.78, 5) is 10.6. The van der Waals surface area contributed by atoms with Crippen molar-refractivity contribution >= 4 is 5.91 Å². The number of ether oxygens (including phenoxy) is 2. The number of carbonyl (C=O) groups is 1. The molecule has 0 atom stereocenters. The van der Waals surface area contributed by atoms with E-state index in [0.717, 1.165) is 0 Å². The lowest BCUT2D eigenvalue weighted by Gasteiger charge is -2.02. The average molecular weight is 201 g/mol. The van der Waals surface area contributed by atoms with E-state index in [1.165, 1.54) is 0 Å². The zero-order chi connectivity index (χ0) is 10.8. The molecule has 0 saturated heterocycles. The van der Waals surface area contributed by atoms with Crippen molar-refractivity contribution in [2.75, 3.05) is 26.4 Å². The summed E-state index contributed by atoms with van der Waals surface area (Å²) in [7, 11) is 0. The zero-order valence-corrected chi connectivity index (χ0v) is 8.91. The van der Waals surface area contributed by atoms with E-state index in [2.05, 4.69) is 0 Å². The van der Waals surface area contributed by atoms with Gasteiger partial charge in [-0.1, -0.05) is 6.08 Å². The second-order valence-electron chi connectivity index (χ2n) is 2.85. The molecular formula is C10H19NO3. The van der Waals surface area contributed by atoms with E-state index in [1.807, 2.05) is 6.92 Å². The molecule has 0 aliphatic carbocycles. The van der Waals surface area contributed by atoms with Crippen LogP contribution in [0.1, 0.15) is 20.3 Å². The average Bonchev–Trinajstić information content (AvgIpc) is 2.16. The third kappa shape index (κ3) is 7.76. The largest absolute Gasteiger partial charge is 0.379 e. The Morgan fingerprint density at radius 3 is 2.50 bits per heavy atom. The minimum atomic E-state index is -0.376. The van der Waals surface area contributed by atoms with Gasteiger partial charge in [-0.25, -0.2) is 0 Å². The molecule has 0 unspecified atom stereocenters. The first-order valence-electron chi connectivity index (χ1n) is 4.80. The lowest BCUT2D eigenvalue weighted by Crippen LogP contribution is -2.11. The predicted octanol–water partition coefficient (Wildman–Crippen LogP) is 0.861. The summed E-state index contributed by atoms with van der Waals surface area (Å²) in [6.07, 6.45) is 2.49. The topological polar surface area (TPSA) is 61.6 Å². The van der Waals surface area contributed by atoms with E-state index in [1.54, 1.807) is 13.0 Å². The maximum Gasteiger partial charge on any atom is 0.244 e. The van der Waals surface area contributed by atoms with Crippen LogP contribution in [-0.2, 0) is 14.3 Å². The number of hydrogen-bond donors (Lipinski definition) is 1. The Bertz CT molecular complexity index is 190. The van der Waals surface area contributed by atoms with Crippen LogP contribution >= 0.6 is 0 Å². The minimum absolute atomic E-state index is 0.376. The first kappa shape index (κ1) is 13.1. The molecule has 4 heteroatoms. The molecule has 1 amide bonds. The molecule has 0 bridgehead atoms. The highest BCUT2D eigenvalue weighted by atomic mass is 16.5. The summed E-state index contributed by atoms with van der Waals surface area (Å²) in [6.45, 7) is 6.16. The lowest BCUT2D eigenvalue weighted by atomic mass is 10.2. The standard InChI is InChI=1S/C10H19NO3/c1-3-13-7-8-14-6-4-5-9(2)10(11)12/h5H,3-4,6-8H2,1-2H3,(H2,11,12). The van der Waals surface area contributed by atoms with E-state index >= 15 is 0 Å². The first-order chi connectivity index (χ1) is 6.68. The molecule has 0 saturated carbocycles. The Balaban J connectivity index is 3.29. The predicted molar refractivity (Wildman–Crippen MR) is 54.9 cm³/mol. The van der Waals surface area contributed by atoms with Gasteiger partial charge in [-0.2, -0.15) is 0 Å². The van der Waals surface area contributed by atoms with Crippen LogP contribution in [0.25, 0.3) is 0 Å². The SMILES string of the molecule is CCOCCOCCC=C(C)C(N)=O. The van der Waals surface area contributed by atoms with Gasteiger partial charge in [0.25, 0.3) is 0 Å². The van der Waals surface area contributed by atoms with Gasteiger partial charge in [0.15, 0.2) is 0 Å². The van der Waals surface area contributed by atoms with Gasteiger partial charge in [-0.3, -0.25) is 4.79 Å². The highest BCUT2D eigenvalue weighted by Gasteiger charge is 1.95. The van der Waals surface area contributed by atoms with Gasteiger partial charge >= 0.3 is 0 Å². The molecule has 0 aromatic heterocycles. The molecule has 0 aromatic rings. The minimum Gasteiger partial charge on any atom is -0.379 e. The van der Waals surface area contributed by atoms with E-state index in [4.69, 9.17) is 15.2 Å². The molecule has 0 fully saturated rings. The van der Waals surface area contributed by atoms with Crippen molar-refractivity contribution in [3.63, 3.8) is 0 Å². The molecule has 0 aromatic carbocycles. The van der Waals surface area contributed by atoms with Gasteiger partial charge in [0.2, 0.25) is 5.91 Å². The molecule has 4 nitrogen and oxygen atoms in total. The summed E-state index contributed by atoms with van der Waals surface area (Å²) in [6, 6.07) is 0. The van der Waals surface area contributed by atoms with Crippen molar-refractivity contribution in [2.45, 2.75) is 20.3 Å². The molecule has 2 N–H and O–H groups in total. The number of hydrogen-bond acceptors (Lipinski definition) is 3. The van der Waals surface area contributed by atoms with Crippen LogP contribution in [0.2, 0.25) is 0 Å². The number of rotatable bonds is 8. The maximum absolute atomic E-state index is 10.6. The van der Waals surface area contributed by atoms with Gasteiger partial charge in [-0.15, -0.1) is 0 Å². The summed E-state index contributed by atoms with van der Waals surface area (Å²) in [5.41, 5.74) is 5.63. The fourth-order valence-electron chi connectivity index (χ4n) is 0.824. The van der Waals surface area contributed by atoms with Gasteiger partial charge in [0.05, 0.1) is 19.8 Å². The Morgan fingerprint density at radius 2 is 1.93 bits per heavy atom. The molecule has 0 heterocycles. The Labute approximate surface area is 85.1 Å². The van der Waals surface area contributed by atoms with Gasteiger partial charge in [0.1, 0.15) is 0 Å². The highest BCUT2D eigenvalue weighted by Crippen LogP contribution is 1.94.